The first-order chi connectivity index (χ1) is 7.22. The lowest BCUT2D eigenvalue weighted by molar-refractivity contribution is 0.0596. The van der Waals surface area contributed by atoms with Crippen LogP contribution in [0.3, 0.4) is 0 Å². The molecule has 0 bridgehead atoms. The van der Waals surface area contributed by atoms with Gasteiger partial charge < -0.3 is 9.94 Å². The highest BCUT2D eigenvalue weighted by molar-refractivity contribution is 6.03. The zero-order valence-electron chi connectivity index (χ0n) is 8.35. The minimum atomic E-state index is -0.285. The first-order valence-corrected chi connectivity index (χ1v) is 4.83. The average Bonchev–Trinajstić information content (AvgIpc) is 2.61. The van der Waals surface area contributed by atoms with Gasteiger partial charge in [-0.25, -0.2) is 4.39 Å². The maximum atomic E-state index is 12.7. The zero-order chi connectivity index (χ0) is 10.8. The summed E-state index contributed by atoms with van der Waals surface area (Å²) >= 11 is 0. The number of hydrogen-bond acceptors (Lipinski definition) is 3. The molecule has 4 heteroatoms. The molecule has 0 fully saturated rings. The quantitative estimate of drug-likeness (QED) is 0.803. The lowest BCUT2D eigenvalue weighted by atomic mass is 9.94. The Hall–Kier alpha value is -1.42. The molecular formula is C11H12FNO2. The van der Waals surface area contributed by atoms with Crippen LogP contribution in [0, 0.1) is 11.7 Å². The number of aliphatic hydroxyl groups is 1. The number of nitrogens with zero attached hydrogens (tertiary/aromatic N) is 1. The molecule has 15 heavy (non-hydrogen) atoms. The number of benzene rings is 1. The number of aliphatic hydroxyl groups excluding tert-OH is 1. The van der Waals surface area contributed by atoms with Crippen LogP contribution < -0.4 is 0 Å². The van der Waals surface area contributed by atoms with Gasteiger partial charge in [0.15, 0.2) is 0 Å². The standard InChI is InChI=1S/C11H12FNO2/c1-7-10(6-14)11(13-15-7)8-2-4-9(12)5-3-8/h2-5,7,10,14H,6H2,1H3. The van der Waals surface area contributed by atoms with Crippen LogP contribution in [-0.4, -0.2) is 23.5 Å². The molecule has 1 aromatic carbocycles. The Morgan fingerprint density at radius 1 is 1.40 bits per heavy atom. The molecule has 0 aromatic heterocycles. The van der Waals surface area contributed by atoms with Crippen molar-refractivity contribution < 1.29 is 14.3 Å². The van der Waals surface area contributed by atoms with Gasteiger partial charge in [-0.2, -0.15) is 0 Å². The Morgan fingerprint density at radius 2 is 2.07 bits per heavy atom. The van der Waals surface area contributed by atoms with Gasteiger partial charge in [-0.3, -0.25) is 0 Å². The van der Waals surface area contributed by atoms with Crippen molar-refractivity contribution in [3.8, 4) is 0 Å². The third-order valence-corrected chi connectivity index (χ3v) is 2.57. The molecule has 2 rings (SSSR count). The molecule has 2 unspecified atom stereocenters. The van der Waals surface area contributed by atoms with Crippen LogP contribution in [-0.2, 0) is 4.84 Å². The summed E-state index contributed by atoms with van der Waals surface area (Å²) in [5.41, 5.74) is 1.48. The van der Waals surface area contributed by atoms with Gasteiger partial charge in [0.1, 0.15) is 11.9 Å². The number of rotatable bonds is 2. The normalized spacial score (nSPS) is 24.9. The van der Waals surface area contributed by atoms with Crippen molar-refractivity contribution in [2.24, 2.45) is 11.1 Å². The van der Waals surface area contributed by atoms with Crippen LogP contribution in [0.15, 0.2) is 29.4 Å². The topological polar surface area (TPSA) is 41.8 Å². The van der Waals surface area contributed by atoms with E-state index in [-0.39, 0.29) is 24.4 Å². The van der Waals surface area contributed by atoms with E-state index >= 15 is 0 Å². The predicted octanol–water partition coefficient (Wildman–Crippen LogP) is 1.56. The molecule has 0 saturated heterocycles. The van der Waals surface area contributed by atoms with Crippen molar-refractivity contribution >= 4 is 5.71 Å². The summed E-state index contributed by atoms with van der Waals surface area (Å²) in [6.07, 6.45) is -0.130. The van der Waals surface area contributed by atoms with Gasteiger partial charge in [-0.1, -0.05) is 17.3 Å². The van der Waals surface area contributed by atoms with Crippen molar-refractivity contribution in [1.29, 1.82) is 0 Å². The Morgan fingerprint density at radius 3 is 2.67 bits per heavy atom. The van der Waals surface area contributed by atoms with Crippen molar-refractivity contribution in [2.45, 2.75) is 13.0 Å². The molecule has 2 atom stereocenters. The summed E-state index contributed by atoms with van der Waals surface area (Å²) in [4.78, 5) is 5.09. The highest BCUT2D eigenvalue weighted by atomic mass is 19.1. The van der Waals surface area contributed by atoms with Gasteiger partial charge in [0, 0.05) is 5.56 Å². The minimum Gasteiger partial charge on any atom is -0.396 e. The van der Waals surface area contributed by atoms with Gasteiger partial charge in [-0.05, 0) is 19.1 Å². The molecule has 0 saturated carbocycles. The van der Waals surface area contributed by atoms with Gasteiger partial charge in [-0.15, -0.1) is 0 Å². The fraction of sp³-hybridized carbons (Fsp3) is 0.364. The van der Waals surface area contributed by atoms with Crippen LogP contribution in [0.5, 0.6) is 0 Å². The smallest absolute Gasteiger partial charge is 0.135 e. The first-order valence-electron chi connectivity index (χ1n) is 4.83. The van der Waals surface area contributed by atoms with E-state index in [2.05, 4.69) is 5.16 Å². The summed E-state index contributed by atoms with van der Waals surface area (Å²) in [6, 6.07) is 6.01. The molecule has 0 amide bonds. The Bertz CT molecular complexity index is 375. The lowest BCUT2D eigenvalue weighted by Crippen LogP contribution is -2.24. The van der Waals surface area contributed by atoms with Crippen molar-refractivity contribution in [1.82, 2.24) is 0 Å². The number of oxime groups is 1. The monoisotopic (exact) mass is 209 g/mol. The van der Waals surface area contributed by atoms with Crippen molar-refractivity contribution in [3.63, 3.8) is 0 Å². The van der Waals surface area contributed by atoms with Gasteiger partial charge >= 0.3 is 0 Å². The van der Waals surface area contributed by atoms with Crippen LogP contribution in [0.1, 0.15) is 12.5 Å². The van der Waals surface area contributed by atoms with E-state index in [0.29, 0.717) is 5.71 Å². The summed E-state index contributed by atoms with van der Waals surface area (Å²) in [5.74, 6) is -0.415. The highest BCUT2D eigenvalue weighted by Crippen LogP contribution is 2.22. The summed E-state index contributed by atoms with van der Waals surface area (Å²) in [5, 5.41) is 13.1. The number of halogens is 1. The molecule has 1 heterocycles. The molecule has 80 valence electrons. The van der Waals surface area contributed by atoms with Crippen LogP contribution in [0.25, 0.3) is 0 Å². The minimum absolute atomic E-state index is 0.0165. The molecule has 1 N–H and O–H groups in total. The van der Waals surface area contributed by atoms with E-state index in [9.17, 15) is 9.50 Å². The molecule has 0 spiro atoms. The summed E-state index contributed by atoms with van der Waals surface area (Å²) < 4.78 is 12.7. The van der Waals surface area contributed by atoms with Gasteiger partial charge in [0.2, 0.25) is 0 Å². The molecule has 3 nitrogen and oxygen atoms in total. The van der Waals surface area contributed by atoms with E-state index in [1.54, 1.807) is 12.1 Å². The molecule has 1 aromatic rings. The SMILES string of the molecule is CC1ON=C(c2ccc(F)cc2)C1CO. The summed E-state index contributed by atoms with van der Waals surface area (Å²) in [6.45, 7) is 1.83. The fourth-order valence-electron chi connectivity index (χ4n) is 1.63. The second-order valence-corrected chi connectivity index (χ2v) is 3.58. The van der Waals surface area contributed by atoms with Crippen LogP contribution in [0.4, 0.5) is 4.39 Å². The molecule has 1 aliphatic heterocycles. The third kappa shape index (κ3) is 1.85. The van der Waals surface area contributed by atoms with Crippen LogP contribution in [0.2, 0.25) is 0 Å². The fourth-order valence-corrected chi connectivity index (χ4v) is 1.63. The second kappa shape index (κ2) is 3.98. The lowest BCUT2D eigenvalue weighted by Gasteiger charge is -2.11. The van der Waals surface area contributed by atoms with Gasteiger partial charge in [0.05, 0.1) is 18.2 Å². The molecule has 1 aliphatic rings. The zero-order valence-corrected chi connectivity index (χ0v) is 8.35. The van der Waals surface area contributed by atoms with E-state index in [1.807, 2.05) is 6.92 Å². The average molecular weight is 209 g/mol. The van der Waals surface area contributed by atoms with Crippen molar-refractivity contribution in [2.75, 3.05) is 6.61 Å². The highest BCUT2D eigenvalue weighted by Gasteiger charge is 2.30. The van der Waals surface area contributed by atoms with E-state index in [0.717, 1.165) is 5.56 Å². The maximum absolute atomic E-state index is 12.7. The van der Waals surface area contributed by atoms with Gasteiger partial charge in [0.25, 0.3) is 0 Å². The van der Waals surface area contributed by atoms with E-state index in [4.69, 9.17) is 4.84 Å². The summed E-state index contributed by atoms with van der Waals surface area (Å²) in [7, 11) is 0. The first kappa shape index (κ1) is 10.1. The molecule has 0 radical (unpaired) electrons. The molecular weight excluding hydrogens is 197 g/mol. The third-order valence-electron chi connectivity index (χ3n) is 2.57. The Kier molecular flexibility index (Phi) is 2.68. The number of hydrogen-bond donors (Lipinski definition) is 1. The van der Waals surface area contributed by atoms with E-state index in [1.165, 1.54) is 12.1 Å². The Balaban J connectivity index is 2.27. The Labute approximate surface area is 87.2 Å². The second-order valence-electron chi connectivity index (χ2n) is 3.58. The van der Waals surface area contributed by atoms with E-state index < -0.39 is 0 Å². The van der Waals surface area contributed by atoms with Crippen LogP contribution >= 0.6 is 0 Å². The van der Waals surface area contributed by atoms with Crippen molar-refractivity contribution in [3.05, 3.63) is 35.6 Å². The maximum Gasteiger partial charge on any atom is 0.135 e. The predicted molar refractivity (Wildman–Crippen MR) is 54.1 cm³/mol. The largest absolute Gasteiger partial charge is 0.396 e. The molecule has 0 aliphatic carbocycles.